The van der Waals surface area contributed by atoms with Crippen LogP contribution in [0.5, 0.6) is 5.75 Å². The van der Waals surface area contributed by atoms with Gasteiger partial charge in [-0.15, -0.1) is 0 Å². The van der Waals surface area contributed by atoms with Crippen molar-refractivity contribution >= 4 is 27.3 Å². The smallest absolute Gasteiger partial charge is 0.232 e. The monoisotopic (exact) mass is 277 g/mol. The Morgan fingerprint density at radius 1 is 1.41 bits per heavy atom. The van der Waals surface area contributed by atoms with Crippen LogP contribution in [0.2, 0.25) is 5.02 Å². The van der Waals surface area contributed by atoms with Gasteiger partial charge in [-0.3, -0.25) is 4.72 Å². The maximum absolute atomic E-state index is 11.7. The lowest BCUT2D eigenvalue weighted by atomic mass is 10.2. The van der Waals surface area contributed by atoms with E-state index < -0.39 is 10.0 Å². The lowest BCUT2D eigenvalue weighted by Gasteiger charge is -2.10. The van der Waals surface area contributed by atoms with Crippen LogP contribution in [-0.2, 0) is 10.0 Å². The largest absolute Gasteiger partial charge is 0.508 e. The summed E-state index contributed by atoms with van der Waals surface area (Å²) in [5, 5.41) is 9.33. The average molecular weight is 278 g/mol. The van der Waals surface area contributed by atoms with Crippen LogP contribution >= 0.6 is 11.6 Å². The lowest BCUT2D eigenvalue weighted by Crippen LogP contribution is -2.18. The van der Waals surface area contributed by atoms with Gasteiger partial charge in [0.1, 0.15) is 5.75 Å². The molecule has 0 unspecified atom stereocenters. The van der Waals surface area contributed by atoms with E-state index in [2.05, 4.69) is 4.72 Å². The summed E-state index contributed by atoms with van der Waals surface area (Å²) in [5.41, 5.74) is 0.285. The van der Waals surface area contributed by atoms with Crippen molar-refractivity contribution in [3.8, 4) is 5.75 Å². The first-order valence-corrected chi connectivity index (χ1v) is 7.32. The highest BCUT2D eigenvalue weighted by Crippen LogP contribution is 2.26. The molecule has 0 spiro atoms. The molecule has 0 bridgehead atoms. The molecule has 0 saturated heterocycles. The molecule has 0 atom stereocenters. The molecule has 96 valence electrons. The van der Waals surface area contributed by atoms with Crippen molar-refractivity contribution in [2.45, 2.75) is 20.3 Å². The Hall–Kier alpha value is -0.940. The Kier molecular flexibility index (Phi) is 4.65. The molecule has 0 aliphatic rings. The van der Waals surface area contributed by atoms with E-state index in [1.165, 1.54) is 18.2 Å². The highest BCUT2D eigenvalue weighted by molar-refractivity contribution is 7.92. The van der Waals surface area contributed by atoms with Crippen molar-refractivity contribution in [3.63, 3.8) is 0 Å². The van der Waals surface area contributed by atoms with Gasteiger partial charge in [-0.25, -0.2) is 8.42 Å². The van der Waals surface area contributed by atoms with Gasteiger partial charge in [0, 0.05) is 6.07 Å². The first kappa shape index (κ1) is 14.1. The minimum absolute atomic E-state index is 0.000119. The number of anilines is 1. The first-order valence-electron chi connectivity index (χ1n) is 5.29. The van der Waals surface area contributed by atoms with Crippen LogP contribution in [0.25, 0.3) is 0 Å². The second-order valence-corrected chi connectivity index (χ2v) is 6.52. The molecular formula is C11H16ClNO3S. The molecular weight excluding hydrogens is 262 g/mol. The van der Waals surface area contributed by atoms with Crippen molar-refractivity contribution in [2.24, 2.45) is 5.92 Å². The standard InChI is InChI=1S/C11H16ClNO3S/c1-8(2)5-6-17(15,16)13-11-4-3-9(14)7-10(11)12/h3-4,7-8,13-14H,5-6H2,1-2H3. The summed E-state index contributed by atoms with van der Waals surface area (Å²) in [6.07, 6.45) is 0.588. The Bertz CT molecular complexity index is 485. The van der Waals surface area contributed by atoms with Crippen LogP contribution in [0.4, 0.5) is 5.69 Å². The van der Waals surface area contributed by atoms with Crippen molar-refractivity contribution in [1.29, 1.82) is 0 Å². The maximum Gasteiger partial charge on any atom is 0.232 e. The van der Waals surface area contributed by atoms with E-state index in [9.17, 15) is 8.42 Å². The minimum atomic E-state index is -3.38. The van der Waals surface area contributed by atoms with Crippen molar-refractivity contribution in [3.05, 3.63) is 23.2 Å². The average Bonchev–Trinajstić information content (AvgIpc) is 2.20. The number of hydrogen-bond donors (Lipinski definition) is 2. The zero-order valence-electron chi connectivity index (χ0n) is 9.77. The van der Waals surface area contributed by atoms with Gasteiger partial charge in [0.15, 0.2) is 0 Å². The Balaban J connectivity index is 2.76. The predicted molar refractivity (Wildman–Crippen MR) is 70.0 cm³/mol. The van der Waals surface area contributed by atoms with Gasteiger partial charge in [-0.1, -0.05) is 25.4 Å². The van der Waals surface area contributed by atoms with Crippen molar-refractivity contribution in [2.75, 3.05) is 10.5 Å². The lowest BCUT2D eigenvalue weighted by molar-refractivity contribution is 0.475. The van der Waals surface area contributed by atoms with Gasteiger partial charge in [0.05, 0.1) is 16.5 Å². The van der Waals surface area contributed by atoms with E-state index in [0.29, 0.717) is 12.3 Å². The van der Waals surface area contributed by atoms with Gasteiger partial charge >= 0.3 is 0 Å². The molecule has 1 aromatic carbocycles. The van der Waals surface area contributed by atoms with Gasteiger partial charge in [-0.05, 0) is 24.5 Å². The quantitative estimate of drug-likeness (QED) is 0.814. The topological polar surface area (TPSA) is 66.4 Å². The van der Waals surface area contributed by atoms with E-state index in [-0.39, 0.29) is 22.2 Å². The molecule has 17 heavy (non-hydrogen) atoms. The number of halogens is 1. The van der Waals surface area contributed by atoms with E-state index in [4.69, 9.17) is 16.7 Å². The summed E-state index contributed by atoms with van der Waals surface area (Å²) in [6, 6.07) is 4.11. The number of sulfonamides is 1. The molecule has 2 N–H and O–H groups in total. The Labute approximate surface area is 107 Å². The van der Waals surface area contributed by atoms with Crippen molar-refractivity contribution in [1.82, 2.24) is 0 Å². The fourth-order valence-electron chi connectivity index (χ4n) is 1.20. The molecule has 0 heterocycles. The fraction of sp³-hybridized carbons (Fsp3) is 0.455. The van der Waals surface area contributed by atoms with E-state index >= 15 is 0 Å². The summed E-state index contributed by atoms with van der Waals surface area (Å²) in [7, 11) is -3.38. The summed E-state index contributed by atoms with van der Waals surface area (Å²) in [5.74, 6) is 0.379. The summed E-state index contributed by atoms with van der Waals surface area (Å²) in [4.78, 5) is 0. The van der Waals surface area contributed by atoms with Crippen LogP contribution in [0.15, 0.2) is 18.2 Å². The van der Waals surface area contributed by atoms with Crippen LogP contribution in [0.3, 0.4) is 0 Å². The molecule has 4 nitrogen and oxygen atoms in total. The second kappa shape index (κ2) is 5.60. The molecule has 0 aromatic heterocycles. The molecule has 1 aromatic rings. The van der Waals surface area contributed by atoms with E-state index in [0.717, 1.165) is 0 Å². The van der Waals surface area contributed by atoms with E-state index in [1.54, 1.807) is 0 Å². The molecule has 0 aliphatic heterocycles. The van der Waals surface area contributed by atoms with Gasteiger partial charge < -0.3 is 5.11 Å². The third-order valence-electron chi connectivity index (χ3n) is 2.18. The van der Waals surface area contributed by atoms with Crippen molar-refractivity contribution < 1.29 is 13.5 Å². The van der Waals surface area contributed by atoms with Crippen LogP contribution in [0.1, 0.15) is 20.3 Å². The molecule has 0 radical (unpaired) electrons. The van der Waals surface area contributed by atoms with E-state index in [1.807, 2.05) is 13.8 Å². The number of phenols is 1. The summed E-state index contributed by atoms with van der Waals surface area (Å²) in [6.45, 7) is 3.92. The van der Waals surface area contributed by atoms with Gasteiger partial charge in [0.25, 0.3) is 0 Å². The van der Waals surface area contributed by atoms with Crippen LogP contribution < -0.4 is 4.72 Å². The number of aromatic hydroxyl groups is 1. The molecule has 0 fully saturated rings. The third-order valence-corrected chi connectivity index (χ3v) is 3.80. The number of hydrogen-bond acceptors (Lipinski definition) is 3. The summed E-state index contributed by atoms with van der Waals surface area (Å²) < 4.78 is 25.8. The number of rotatable bonds is 5. The normalized spacial score (nSPS) is 11.8. The van der Waals surface area contributed by atoms with Gasteiger partial charge in [0.2, 0.25) is 10.0 Å². The maximum atomic E-state index is 11.7. The Morgan fingerprint density at radius 2 is 2.06 bits per heavy atom. The number of phenolic OH excluding ortho intramolecular Hbond substituents is 1. The molecule has 0 amide bonds. The molecule has 1 rings (SSSR count). The SMILES string of the molecule is CC(C)CCS(=O)(=O)Nc1ccc(O)cc1Cl. The molecule has 0 aliphatic carbocycles. The second-order valence-electron chi connectivity index (χ2n) is 4.27. The molecule has 0 saturated carbocycles. The zero-order valence-corrected chi connectivity index (χ0v) is 11.3. The third kappa shape index (κ3) is 4.83. The summed E-state index contributed by atoms with van der Waals surface area (Å²) >= 11 is 5.81. The van der Waals surface area contributed by atoms with Gasteiger partial charge in [-0.2, -0.15) is 0 Å². The van der Waals surface area contributed by atoms with Crippen LogP contribution in [-0.4, -0.2) is 19.3 Å². The zero-order chi connectivity index (χ0) is 13.1. The molecule has 6 heteroatoms. The first-order chi connectivity index (χ1) is 7.80. The van der Waals surface area contributed by atoms with Crippen LogP contribution in [0, 0.1) is 5.92 Å². The Morgan fingerprint density at radius 3 is 2.59 bits per heavy atom. The number of nitrogens with one attached hydrogen (secondary N) is 1. The fourth-order valence-corrected chi connectivity index (χ4v) is 2.87. The minimum Gasteiger partial charge on any atom is -0.508 e. The predicted octanol–water partition coefficient (Wildman–Crippen LogP) is 2.83. The number of benzene rings is 1. The highest BCUT2D eigenvalue weighted by Gasteiger charge is 2.13. The highest BCUT2D eigenvalue weighted by atomic mass is 35.5.